The molecule has 26 heavy (non-hydrogen) atoms. The number of benzene rings is 2. The normalized spacial score (nSPS) is 16.2. The first-order valence-electron chi connectivity index (χ1n) is 9.06. The van der Waals surface area contributed by atoms with Gasteiger partial charge in [0, 0.05) is 35.5 Å². The number of carbonyl (C=O) groups is 1. The van der Waals surface area contributed by atoms with Gasteiger partial charge in [0.1, 0.15) is 0 Å². The van der Waals surface area contributed by atoms with Crippen molar-refractivity contribution >= 4 is 17.7 Å². The lowest BCUT2D eigenvalue weighted by molar-refractivity contribution is 0.0342. The maximum atomic E-state index is 12.9. The molecule has 3 rings (SSSR count). The smallest absolute Gasteiger partial charge is 0.252 e. The van der Waals surface area contributed by atoms with E-state index in [0.717, 1.165) is 53.8 Å². The highest BCUT2D eigenvalue weighted by atomic mass is 32.2. The predicted octanol–water partition coefficient (Wildman–Crippen LogP) is 3.60. The van der Waals surface area contributed by atoms with Crippen LogP contribution in [0.15, 0.2) is 58.3 Å². The standard InChI is InChI=1S/C21H26N2O2S/c1-16-8-9-19(20(14-16)26-18-6-4-3-5-7-18)21(24)22-17(2)15-23-10-12-25-13-11-23/h3-9,14,17H,10-13,15H2,1-2H3,(H,22,24). The SMILES string of the molecule is Cc1ccc(C(=O)NC(C)CN2CCOCC2)c(Sc2ccccc2)c1. The second kappa shape index (κ2) is 9.21. The average molecular weight is 371 g/mol. The van der Waals surface area contributed by atoms with Gasteiger partial charge in [-0.15, -0.1) is 0 Å². The first-order chi connectivity index (χ1) is 12.6. The van der Waals surface area contributed by atoms with Crippen molar-refractivity contribution in [2.45, 2.75) is 29.7 Å². The molecule has 1 aliphatic rings. The van der Waals surface area contributed by atoms with Crippen LogP contribution in [0.2, 0.25) is 0 Å². The van der Waals surface area contributed by atoms with Gasteiger partial charge >= 0.3 is 0 Å². The highest BCUT2D eigenvalue weighted by molar-refractivity contribution is 7.99. The first kappa shape index (κ1) is 19.0. The molecule has 1 heterocycles. The number of hydrogen-bond acceptors (Lipinski definition) is 4. The van der Waals surface area contributed by atoms with Crippen molar-refractivity contribution in [2.75, 3.05) is 32.8 Å². The van der Waals surface area contributed by atoms with E-state index in [4.69, 9.17) is 4.74 Å². The molecule has 4 nitrogen and oxygen atoms in total. The Morgan fingerprint density at radius 3 is 2.65 bits per heavy atom. The lowest BCUT2D eigenvalue weighted by atomic mass is 10.1. The van der Waals surface area contributed by atoms with Crippen LogP contribution in [0, 0.1) is 6.92 Å². The van der Waals surface area contributed by atoms with Crippen LogP contribution in [-0.2, 0) is 4.74 Å². The summed E-state index contributed by atoms with van der Waals surface area (Å²) in [6.07, 6.45) is 0. The third-order valence-corrected chi connectivity index (χ3v) is 5.43. The Hall–Kier alpha value is -1.82. The second-order valence-corrected chi connectivity index (χ2v) is 7.82. The van der Waals surface area contributed by atoms with E-state index >= 15 is 0 Å². The number of carbonyl (C=O) groups excluding carboxylic acids is 1. The van der Waals surface area contributed by atoms with Gasteiger partial charge in [0.05, 0.1) is 18.8 Å². The lowest BCUT2D eigenvalue weighted by Gasteiger charge is -2.29. The number of aryl methyl sites for hydroxylation is 1. The summed E-state index contributed by atoms with van der Waals surface area (Å²) in [5.74, 6) is -0.0100. The van der Waals surface area contributed by atoms with Crippen LogP contribution in [0.1, 0.15) is 22.8 Å². The molecule has 0 aromatic heterocycles. The molecule has 138 valence electrons. The first-order valence-corrected chi connectivity index (χ1v) is 9.88. The molecule has 5 heteroatoms. The summed E-state index contributed by atoms with van der Waals surface area (Å²) in [4.78, 5) is 17.3. The van der Waals surface area contributed by atoms with Gasteiger partial charge in [0.15, 0.2) is 0 Å². The summed E-state index contributed by atoms with van der Waals surface area (Å²) in [6, 6.07) is 16.3. The zero-order chi connectivity index (χ0) is 18.4. The third kappa shape index (κ3) is 5.34. The number of rotatable bonds is 6. The van der Waals surface area contributed by atoms with Gasteiger partial charge in [-0.2, -0.15) is 0 Å². The number of nitrogens with one attached hydrogen (secondary N) is 1. The molecule has 0 bridgehead atoms. The van der Waals surface area contributed by atoms with Crippen LogP contribution in [0.4, 0.5) is 0 Å². The van der Waals surface area contributed by atoms with Crippen LogP contribution in [0.25, 0.3) is 0 Å². The van der Waals surface area contributed by atoms with Crippen molar-refractivity contribution < 1.29 is 9.53 Å². The molecule has 0 saturated carbocycles. The van der Waals surface area contributed by atoms with Crippen LogP contribution in [-0.4, -0.2) is 49.7 Å². The Balaban J connectivity index is 1.68. The third-order valence-electron chi connectivity index (χ3n) is 4.37. The molecule has 2 aromatic rings. The van der Waals surface area contributed by atoms with Gasteiger partial charge in [-0.3, -0.25) is 9.69 Å². The van der Waals surface area contributed by atoms with Gasteiger partial charge in [0.2, 0.25) is 0 Å². The molecule has 1 N–H and O–H groups in total. The van der Waals surface area contributed by atoms with Gasteiger partial charge in [0.25, 0.3) is 5.91 Å². The van der Waals surface area contributed by atoms with Gasteiger partial charge in [-0.1, -0.05) is 36.0 Å². The Morgan fingerprint density at radius 2 is 1.92 bits per heavy atom. The molecule has 0 spiro atoms. The Kier molecular flexibility index (Phi) is 6.72. The van der Waals surface area contributed by atoms with E-state index in [0.29, 0.717) is 0 Å². The summed E-state index contributed by atoms with van der Waals surface area (Å²) >= 11 is 1.63. The molecule has 2 aromatic carbocycles. The number of morpholine rings is 1. The molecule has 1 amide bonds. The minimum atomic E-state index is -0.0100. The van der Waals surface area contributed by atoms with Crippen molar-refractivity contribution in [1.29, 1.82) is 0 Å². The molecule has 1 atom stereocenters. The minimum absolute atomic E-state index is 0.0100. The van der Waals surface area contributed by atoms with Gasteiger partial charge in [-0.25, -0.2) is 0 Å². The van der Waals surface area contributed by atoms with Crippen LogP contribution < -0.4 is 5.32 Å². The van der Waals surface area contributed by atoms with Crippen molar-refractivity contribution in [1.82, 2.24) is 10.2 Å². The average Bonchev–Trinajstić information content (AvgIpc) is 2.63. The number of ether oxygens (including phenoxy) is 1. The number of hydrogen-bond donors (Lipinski definition) is 1. The molecule has 1 unspecified atom stereocenters. The van der Waals surface area contributed by atoms with Crippen LogP contribution in [0.3, 0.4) is 0 Å². The second-order valence-electron chi connectivity index (χ2n) is 6.70. The van der Waals surface area contributed by atoms with Gasteiger partial charge < -0.3 is 10.1 Å². The summed E-state index contributed by atoms with van der Waals surface area (Å²) in [5.41, 5.74) is 1.89. The van der Waals surface area contributed by atoms with Crippen molar-refractivity contribution in [3.8, 4) is 0 Å². The fraction of sp³-hybridized carbons (Fsp3) is 0.381. The summed E-state index contributed by atoms with van der Waals surface area (Å²) in [7, 11) is 0. The Bertz CT molecular complexity index is 730. The van der Waals surface area contributed by atoms with E-state index < -0.39 is 0 Å². The monoisotopic (exact) mass is 370 g/mol. The molecule has 1 aliphatic heterocycles. The van der Waals surface area contributed by atoms with Crippen molar-refractivity contribution in [2.24, 2.45) is 0 Å². The highest BCUT2D eigenvalue weighted by Crippen LogP contribution is 2.31. The predicted molar refractivity (Wildman–Crippen MR) is 106 cm³/mol. The summed E-state index contributed by atoms with van der Waals surface area (Å²) in [5, 5.41) is 3.15. The highest BCUT2D eigenvalue weighted by Gasteiger charge is 2.18. The molecule has 0 aliphatic carbocycles. The molecular formula is C21H26N2O2S. The lowest BCUT2D eigenvalue weighted by Crippen LogP contribution is -2.46. The fourth-order valence-electron chi connectivity index (χ4n) is 3.04. The van der Waals surface area contributed by atoms with E-state index in [1.54, 1.807) is 11.8 Å². The van der Waals surface area contributed by atoms with Crippen LogP contribution >= 0.6 is 11.8 Å². The zero-order valence-corrected chi connectivity index (χ0v) is 16.2. The van der Waals surface area contributed by atoms with E-state index in [-0.39, 0.29) is 11.9 Å². The molecule has 1 fully saturated rings. The minimum Gasteiger partial charge on any atom is -0.379 e. The van der Waals surface area contributed by atoms with E-state index in [1.807, 2.05) is 30.3 Å². The van der Waals surface area contributed by atoms with Crippen LogP contribution in [0.5, 0.6) is 0 Å². The quantitative estimate of drug-likeness (QED) is 0.844. The topological polar surface area (TPSA) is 41.6 Å². The molecule has 1 saturated heterocycles. The largest absolute Gasteiger partial charge is 0.379 e. The molecular weight excluding hydrogens is 344 g/mol. The van der Waals surface area contributed by atoms with Crippen molar-refractivity contribution in [3.05, 3.63) is 59.7 Å². The number of amides is 1. The number of nitrogens with zero attached hydrogens (tertiary/aromatic N) is 1. The maximum absolute atomic E-state index is 12.9. The Morgan fingerprint density at radius 1 is 1.19 bits per heavy atom. The van der Waals surface area contributed by atoms with E-state index in [9.17, 15) is 4.79 Å². The van der Waals surface area contributed by atoms with Crippen molar-refractivity contribution in [3.63, 3.8) is 0 Å². The maximum Gasteiger partial charge on any atom is 0.252 e. The van der Waals surface area contributed by atoms with E-state index in [2.05, 4.69) is 42.3 Å². The van der Waals surface area contributed by atoms with E-state index in [1.165, 1.54) is 0 Å². The zero-order valence-electron chi connectivity index (χ0n) is 15.4. The Labute approximate surface area is 159 Å². The fourth-order valence-corrected chi connectivity index (χ4v) is 4.10. The van der Waals surface area contributed by atoms with Gasteiger partial charge in [-0.05, 0) is 43.7 Å². The molecule has 0 radical (unpaired) electrons. The summed E-state index contributed by atoms with van der Waals surface area (Å²) in [6.45, 7) is 8.37. The summed E-state index contributed by atoms with van der Waals surface area (Å²) < 4.78 is 5.38.